The average Bonchev–Trinajstić information content (AvgIpc) is 2.86. The van der Waals surface area contributed by atoms with Crippen LogP contribution in [-0.4, -0.2) is 30.1 Å². The first-order valence-electron chi connectivity index (χ1n) is 12.9. The molecule has 0 spiro atoms. The SMILES string of the molecule is CCCC1(CCC)CC(O)=C([C@H](CC)c2cccc(NS(=O)(=O)c3cccc4cccnc34)c2)C(=O)O1. The van der Waals surface area contributed by atoms with E-state index < -0.39 is 27.5 Å². The molecule has 2 N–H and O–H groups in total. The van der Waals surface area contributed by atoms with E-state index in [4.69, 9.17) is 4.74 Å². The third kappa shape index (κ3) is 5.49. The second-order valence-electron chi connectivity index (χ2n) is 9.63. The van der Waals surface area contributed by atoms with Crippen LogP contribution >= 0.6 is 0 Å². The molecule has 196 valence electrons. The third-order valence-corrected chi connectivity index (χ3v) is 8.34. The summed E-state index contributed by atoms with van der Waals surface area (Å²) in [6.07, 6.45) is 5.48. The van der Waals surface area contributed by atoms with Crippen molar-refractivity contribution in [1.29, 1.82) is 0 Å². The number of pyridine rings is 1. The molecule has 2 aromatic carbocycles. The molecule has 1 aromatic heterocycles. The first kappa shape index (κ1) is 26.7. The van der Waals surface area contributed by atoms with Crippen LogP contribution < -0.4 is 4.72 Å². The van der Waals surface area contributed by atoms with Crippen molar-refractivity contribution in [2.24, 2.45) is 0 Å². The maximum absolute atomic E-state index is 13.3. The van der Waals surface area contributed by atoms with Gasteiger partial charge in [0.05, 0.1) is 11.1 Å². The summed E-state index contributed by atoms with van der Waals surface area (Å²) in [6.45, 7) is 6.01. The van der Waals surface area contributed by atoms with Crippen LogP contribution in [0.5, 0.6) is 0 Å². The molecule has 0 saturated carbocycles. The number of nitrogens with zero attached hydrogens (tertiary/aromatic N) is 1. The molecule has 0 radical (unpaired) electrons. The number of sulfonamides is 1. The lowest BCUT2D eigenvalue weighted by Gasteiger charge is -2.38. The summed E-state index contributed by atoms with van der Waals surface area (Å²) in [7, 11) is -3.93. The van der Waals surface area contributed by atoms with Crippen LogP contribution in [0.2, 0.25) is 0 Å². The number of cyclic esters (lactones) is 1. The van der Waals surface area contributed by atoms with Gasteiger partial charge in [0.1, 0.15) is 16.3 Å². The molecule has 0 amide bonds. The van der Waals surface area contributed by atoms with E-state index in [0.717, 1.165) is 23.8 Å². The minimum atomic E-state index is -3.93. The summed E-state index contributed by atoms with van der Waals surface area (Å²) in [5.74, 6) is -0.861. The fraction of sp³-hybridized carbons (Fsp3) is 0.379. The van der Waals surface area contributed by atoms with Gasteiger partial charge in [0.15, 0.2) is 0 Å². The zero-order chi connectivity index (χ0) is 26.6. The molecule has 1 aliphatic rings. The van der Waals surface area contributed by atoms with E-state index >= 15 is 0 Å². The smallest absolute Gasteiger partial charge is 0.338 e. The second-order valence-corrected chi connectivity index (χ2v) is 11.3. The number of aliphatic hydroxyl groups excluding tert-OH is 1. The highest BCUT2D eigenvalue weighted by atomic mass is 32.2. The number of aliphatic hydroxyl groups is 1. The van der Waals surface area contributed by atoms with Crippen LogP contribution in [0.15, 0.2) is 77.0 Å². The largest absolute Gasteiger partial charge is 0.512 e. The standard InChI is InChI=1S/C29H34N2O5S/c1-4-15-29(16-5-2)19-24(32)26(28(33)36-29)23(6-3)21-11-7-13-22(18-21)31-37(34,35)25-14-8-10-20-12-9-17-30-27(20)25/h7-14,17-18,23,31-32H,4-6,15-16,19H2,1-3H3/t23-/m1/s1. The highest BCUT2D eigenvalue weighted by Gasteiger charge is 2.42. The molecule has 0 fully saturated rings. The topological polar surface area (TPSA) is 106 Å². The molecule has 4 rings (SSSR count). The van der Waals surface area contributed by atoms with Crippen molar-refractivity contribution in [3.05, 3.63) is 77.7 Å². The highest BCUT2D eigenvalue weighted by molar-refractivity contribution is 7.93. The van der Waals surface area contributed by atoms with Gasteiger partial charge in [0, 0.05) is 29.6 Å². The van der Waals surface area contributed by atoms with Crippen molar-refractivity contribution < 1.29 is 23.1 Å². The van der Waals surface area contributed by atoms with Gasteiger partial charge >= 0.3 is 5.97 Å². The first-order chi connectivity index (χ1) is 17.7. The van der Waals surface area contributed by atoms with Crippen LogP contribution in [0.3, 0.4) is 0 Å². The van der Waals surface area contributed by atoms with Gasteiger partial charge in [-0.1, -0.05) is 63.9 Å². The Bertz CT molecular complexity index is 1420. The van der Waals surface area contributed by atoms with E-state index in [2.05, 4.69) is 9.71 Å². The summed E-state index contributed by atoms with van der Waals surface area (Å²) in [5.41, 5.74) is 1.05. The maximum Gasteiger partial charge on any atom is 0.338 e. The first-order valence-corrected chi connectivity index (χ1v) is 14.3. The average molecular weight is 523 g/mol. The summed E-state index contributed by atoms with van der Waals surface area (Å²) in [6, 6.07) is 15.5. The molecule has 37 heavy (non-hydrogen) atoms. The zero-order valence-electron chi connectivity index (χ0n) is 21.5. The number of fused-ring (bicyclic) bond motifs is 1. The number of esters is 1. The Morgan fingerprint density at radius 3 is 2.43 bits per heavy atom. The Balaban J connectivity index is 1.66. The number of ether oxygens (including phenoxy) is 1. The van der Waals surface area contributed by atoms with Gasteiger partial charge in [0.25, 0.3) is 10.0 Å². The second kappa shape index (κ2) is 10.9. The monoisotopic (exact) mass is 522 g/mol. The van der Waals surface area contributed by atoms with Crippen molar-refractivity contribution in [3.8, 4) is 0 Å². The molecule has 3 aromatic rings. The van der Waals surface area contributed by atoms with Crippen molar-refractivity contribution in [1.82, 2.24) is 4.98 Å². The lowest BCUT2D eigenvalue weighted by molar-refractivity contribution is -0.161. The van der Waals surface area contributed by atoms with Gasteiger partial charge in [-0.2, -0.15) is 0 Å². The molecule has 7 nitrogen and oxygen atoms in total. The van der Waals surface area contributed by atoms with Crippen LogP contribution in [0.25, 0.3) is 10.9 Å². The summed E-state index contributed by atoms with van der Waals surface area (Å²) in [4.78, 5) is 17.6. The number of para-hydroxylation sites is 1. The Morgan fingerprint density at radius 2 is 1.76 bits per heavy atom. The minimum absolute atomic E-state index is 0.0674. The summed E-state index contributed by atoms with van der Waals surface area (Å²) in [5, 5.41) is 11.8. The number of hydrogen-bond donors (Lipinski definition) is 2. The predicted molar refractivity (Wildman–Crippen MR) is 145 cm³/mol. The van der Waals surface area contributed by atoms with Crippen LogP contribution in [-0.2, 0) is 19.6 Å². The fourth-order valence-electron chi connectivity index (χ4n) is 5.39. The van der Waals surface area contributed by atoms with E-state index in [1.807, 2.05) is 39.0 Å². The van der Waals surface area contributed by atoms with Crippen LogP contribution in [0.1, 0.15) is 70.8 Å². The number of rotatable bonds is 10. The van der Waals surface area contributed by atoms with Crippen molar-refractivity contribution >= 4 is 32.6 Å². The molecule has 1 atom stereocenters. The molecule has 1 aliphatic heterocycles. The quantitative estimate of drug-likeness (QED) is 0.290. The van der Waals surface area contributed by atoms with E-state index in [9.17, 15) is 18.3 Å². The number of anilines is 1. The summed E-state index contributed by atoms with van der Waals surface area (Å²) >= 11 is 0. The lowest BCUT2D eigenvalue weighted by Crippen LogP contribution is -2.41. The van der Waals surface area contributed by atoms with Crippen molar-refractivity contribution in [2.75, 3.05) is 4.72 Å². The normalized spacial score (nSPS) is 16.5. The predicted octanol–water partition coefficient (Wildman–Crippen LogP) is 6.63. The van der Waals surface area contributed by atoms with Gasteiger partial charge in [0.2, 0.25) is 0 Å². The molecule has 0 bridgehead atoms. The number of aromatic nitrogens is 1. The number of carbonyl (C=O) groups is 1. The highest BCUT2D eigenvalue weighted by Crippen LogP contribution is 2.42. The molecule has 0 saturated heterocycles. The fourth-order valence-corrected chi connectivity index (χ4v) is 6.62. The summed E-state index contributed by atoms with van der Waals surface area (Å²) < 4.78 is 35.2. The van der Waals surface area contributed by atoms with Crippen molar-refractivity contribution in [3.63, 3.8) is 0 Å². The van der Waals surface area contributed by atoms with Gasteiger partial charge < -0.3 is 9.84 Å². The van der Waals surface area contributed by atoms with E-state index in [0.29, 0.717) is 36.9 Å². The molecular formula is C29H34N2O5S. The molecule has 0 aliphatic carbocycles. The number of hydrogen-bond acceptors (Lipinski definition) is 6. The van der Waals surface area contributed by atoms with Crippen molar-refractivity contribution in [2.45, 2.75) is 75.7 Å². The number of nitrogens with one attached hydrogen (secondary N) is 1. The zero-order valence-corrected chi connectivity index (χ0v) is 22.3. The van der Waals surface area contributed by atoms with Gasteiger partial charge in [-0.3, -0.25) is 9.71 Å². The van der Waals surface area contributed by atoms with Gasteiger partial charge in [-0.15, -0.1) is 0 Å². The maximum atomic E-state index is 13.3. The van der Waals surface area contributed by atoms with E-state index in [1.165, 1.54) is 6.07 Å². The Hall–Kier alpha value is -3.39. The number of benzene rings is 2. The van der Waals surface area contributed by atoms with E-state index in [1.54, 1.807) is 36.5 Å². The molecule has 2 heterocycles. The molecule has 0 unspecified atom stereocenters. The Kier molecular flexibility index (Phi) is 7.87. The third-order valence-electron chi connectivity index (χ3n) is 6.92. The minimum Gasteiger partial charge on any atom is -0.512 e. The van der Waals surface area contributed by atoms with Gasteiger partial charge in [-0.25, -0.2) is 13.2 Å². The Morgan fingerprint density at radius 1 is 1.05 bits per heavy atom. The van der Waals surface area contributed by atoms with Crippen LogP contribution in [0.4, 0.5) is 5.69 Å². The van der Waals surface area contributed by atoms with Crippen LogP contribution in [0, 0.1) is 0 Å². The van der Waals surface area contributed by atoms with E-state index in [-0.39, 0.29) is 16.2 Å². The lowest BCUT2D eigenvalue weighted by atomic mass is 9.80. The van der Waals surface area contributed by atoms with Gasteiger partial charge in [-0.05, 0) is 49.1 Å². The number of carbonyl (C=O) groups excluding carboxylic acids is 1. The Labute approximate surface area is 218 Å². The molecule has 8 heteroatoms. The molecular weight excluding hydrogens is 488 g/mol.